The van der Waals surface area contributed by atoms with Gasteiger partial charge in [0.25, 0.3) is 0 Å². The van der Waals surface area contributed by atoms with E-state index in [-0.39, 0.29) is 32.6 Å². The molecule has 0 radical (unpaired) electrons. The SMILES string of the molecule is CCCCC/C=C/C/C=C/CCCCCCCCCC(=O)OC[C@H](COP(=O)(O)OCCN)OC(=O)CCC/C=C/C/C=C/C/C=C/CCCCCCCC. The molecule has 0 saturated heterocycles. The summed E-state index contributed by atoms with van der Waals surface area (Å²) in [6.07, 6.45) is 48.3. The average Bonchev–Trinajstić information content (AvgIpc) is 3.17. The number of hydrogen-bond acceptors (Lipinski definition) is 8. The van der Waals surface area contributed by atoms with E-state index in [1.165, 1.54) is 83.5 Å². The van der Waals surface area contributed by atoms with Gasteiger partial charge < -0.3 is 20.1 Å². The van der Waals surface area contributed by atoms with Gasteiger partial charge in [0.05, 0.1) is 13.2 Å². The summed E-state index contributed by atoms with van der Waals surface area (Å²) < 4.78 is 32.7. The molecule has 0 aromatic rings. The maximum Gasteiger partial charge on any atom is 0.472 e. The number of rotatable bonds is 40. The summed E-state index contributed by atoms with van der Waals surface area (Å²) in [5.74, 6) is -0.902. The molecule has 0 saturated carbocycles. The van der Waals surface area contributed by atoms with E-state index in [1.54, 1.807) is 0 Å². The van der Waals surface area contributed by atoms with E-state index in [2.05, 4.69) is 68.5 Å². The van der Waals surface area contributed by atoms with Gasteiger partial charge in [-0.05, 0) is 77.0 Å². The van der Waals surface area contributed by atoms with Crippen molar-refractivity contribution in [2.24, 2.45) is 5.73 Å². The van der Waals surface area contributed by atoms with E-state index in [4.69, 9.17) is 24.3 Å². The van der Waals surface area contributed by atoms with Crippen molar-refractivity contribution in [1.82, 2.24) is 0 Å². The van der Waals surface area contributed by atoms with Crippen molar-refractivity contribution >= 4 is 19.8 Å². The fourth-order valence-electron chi connectivity index (χ4n) is 5.62. The highest BCUT2D eigenvalue weighted by molar-refractivity contribution is 7.47. The zero-order chi connectivity index (χ0) is 40.3. The first-order chi connectivity index (χ1) is 26.8. The van der Waals surface area contributed by atoms with E-state index in [0.29, 0.717) is 19.3 Å². The monoisotopic (exact) mass is 794 g/mol. The molecule has 0 rings (SSSR count). The molecule has 10 heteroatoms. The third kappa shape index (κ3) is 41.2. The number of nitrogens with two attached hydrogens (primary N) is 1. The molecule has 0 aromatic carbocycles. The van der Waals surface area contributed by atoms with Gasteiger partial charge in [-0.25, -0.2) is 4.57 Å². The Morgan fingerprint density at radius 3 is 1.49 bits per heavy atom. The largest absolute Gasteiger partial charge is 0.472 e. The van der Waals surface area contributed by atoms with E-state index in [0.717, 1.165) is 51.4 Å². The van der Waals surface area contributed by atoms with Crippen molar-refractivity contribution in [3.63, 3.8) is 0 Å². The molecular weight excluding hydrogens is 713 g/mol. The van der Waals surface area contributed by atoms with Gasteiger partial charge in [-0.3, -0.25) is 18.6 Å². The Hall–Kier alpha value is -2.29. The van der Waals surface area contributed by atoms with Crippen molar-refractivity contribution in [3.8, 4) is 0 Å². The van der Waals surface area contributed by atoms with Gasteiger partial charge >= 0.3 is 19.8 Å². The van der Waals surface area contributed by atoms with Crippen LogP contribution in [-0.4, -0.2) is 49.3 Å². The van der Waals surface area contributed by atoms with Crippen molar-refractivity contribution in [2.75, 3.05) is 26.4 Å². The summed E-state index contributed by atoms with van der Waals surface area (Å²) >= 11 is 0. The maximum absolute atomic E-state index is 12.6. The topological polar surface area (TPSA) is 134 Å². The number of phosphoric acid groups is 1. The molecule has 0 aliphatic heterocycles. The van der Waals surface area contributed by atoms with E-state index >= 15 is 0 Å². The number of esters is 2. The third-order valence-corrected chi connectivity index (χ3v) is 9.86. The van der Waals surface area contributed by atoms with E-state index in [9.17, 15) is 19.0 Å². The predicted octanol–water partition coefficient (Wildman–Crippen LogP) is 12.5. The molecule has 318 valence electrons. The predicted molar refractivity (Wildman–Crippen MR) is 229 cm³/mol. The van der Waals surface area contributed by atoms with Gasteiger partial charge in [-0.1, -0.05) is 152 Å². The highest BCUT2D eigenvalue weighted by atomic mass is 31.2. The van der Waals surface area contributed by atoms with Crippen molar-refractivity contribution < 1.29 is 37.6 Å². The zero-order valence-electron chi connectivity index (χ0n) is 34.9. The van der Waals surface area contributed by atoms with Gasteiger partial charge in [-0.2, -0.15) is 0 Å². The minimum atomic E-state index is -4.39. The van der Waals surface area contributed by atoms with Gasteiger partial charge in [0.15, 0.2) is 6.10 Å². The number of ether oxygens (including phenoxy) is 2. The second-order valence-corrected chi connectivity index (χ2v) is 15.7. The molecule has 0 bridgehead atoms. The molecule has 2 atom stereocenters. The van der Waals surface area contributed by atoms with Crippen LogP contribution in [0.3, 0.4) is 0 Å². The Morgan fingerprint density at radius 1 is 0.545 bits per heavy atom. The second-order valence-electron chi connectivity index (χ2n) is 14.2. The molecule has 9 nitrogen and oxygen atoms in total. The highest BCUT2D eigenvalue weighted by Gasteiger charge is 2.25. The summed E-state index contributed by atoms with van der Waals surface area (Å²) in [5.41, 5.74) is 5.34. The molecule has 1 unspecified atom stereocenters. The number of allylic oxidation sites excluding steroid dienone is 10. The first-order valence-electron chi connectivity index (χ1n) is 21.8. The maximum atomic E-state index is 12.6. The summed E-state index contributed by atoms with van der Waals surface area (Å²) in [6.45, 7) is 3.63. The molecule has 0 spiro atoms. The van der Waals surface area contributed by atoms with Crippen molar-refractivity contribution in [2.45, 2.75) is 187 Å². The molecule has 0 aliphatic carbocycles. The zero-order valence-corrected chi connectivity index (χ0v) is 35.8. The Bertz CT molecular complexity index is 1090. The molecular formula is C45H80NO8P. The smallest absolute Gasteiger partial charge is 0.462 e. The van der Waals surface area contributed by atoms with Crippen LogP contribution >= 0.6 is 7.82 Å². The Labute approximate surface area is 336 Å². The first-order valence-corrected chi connectivity index (χ1v) is 23.3. The molecule has 0 fully saturated rings. The Kier molecular flexibility index (Phi) is 39.6. The fraction of sp³-hybridized carbons (Fsp3) is 0.733. The van der Waals surface area contributed by atoms with Crippen LogP contribution in [0.1, 0.15) is 181 Å². The normalized spacial score (nSPS) is 13.9. The molecule has 0 aromatic heterocycles. The van der Waals surface area contributed by atoms with Crippen LogP contribution in [0.25, 0.3) is 0 Å². The fourth-order valence-corrected chi connectivity index (χ4v) is 6.39. The minimum absolute atomic E-state index is 0.0422. The standard InChI is InChI=1S/C45H80NO8P/c1-3-5-7-9-11-13-15-17-19-21-23-25-27-29-31-33-35-37-44(47)51-41-43(42-53-55(49,50)52-40-39-46)54-45(48)38-36-34-32-30-28-26-24-22-20-18-16-14-12-10-8-6-4-2/h11,13,17-20,24,26,30,32,43H,3-10,12,14-16,21-23,25,27-29,31,33-42,46H2,1-2H3,(H,49,50)/b13-11+,19-17+,20-18+,26-24+,32-30+/t43-/m1/s1. The lowest BCUT2D eigenvalue weighted by Gasteiger charge is -2.19. The van der Waals surface area contributed by atoms with Crippen LogP contribution in [-0.2, 0) is 32.7 Å². The van der Waals surface area contributed by atoms with Gasteiger partial charge in [0, 0.05) is 19.4 Å². The summed E-state index contributed by atoms with van der Waals surface area (Å²) in [5, 5.41) is 0. The second kappa shape index (κ2) is 41.3. The molecule has 0 aliphatic rings. The molecule has 0 amide bonds. The quantitative estimate of drug-likeness (QED) is 0.0269. The van der Waals surface area contributed by atoms with Crippen LogP contribution in [0.2, 0.25) is 0 Å². The molecule has 0 heterocycles. The summed E-state index contributed by atoms with van der Waals surface area (Å²) in [6, 6.07) is 0. The molecule has 3 N–H and O–H groups in total. The minimum Gasteiger partial charge on any atom is -0.462 e. The van der Waals surface area contributed by atoms with E-state index in [1.807, 2.05) is 6.08 Å². The van der Waals surface area contributed by atoms with Crippen LogP contribution in [0.15, 0.2) is 60.8 Å². The third-order valence-electron chi connectivity index (χ3n) is 8.88. The van der Waals surface area contributed by atoms with Crippen LogP contribution in [0.5, 0.6) is 0 Å². The Balaban J connectivity index is 4.26. The van der Waals surface area contributed by atoms with Crippen molar-refractivity contribution in [1.29, 1.82) is 0 Å². The average molecular weight is 794 g/mol. The van der Waals surface area contributed by atoms with Crippen LogP contribution in [0.4, 0.5) is 0 Å². The number of hydrogen-bond donors (Lipinski definition) is 2. The van der Waals surface area contributed by atoms with E-state index < -0.39 is 32.5 Å². The number of carbonyl (C=O) groups is 2. The lowest BCUT2D eigenvalue weighted by molar-refractivity contribution is -0.161. The Morgan fingerprint density at radius 2 is 0.964 bits per heavy atom. The number of carbonyl (C=O) groups excluding carboxylic acids is 2. The highest BCUT2D eigenvalue weighted by Crippen LogP contribution is 2.43. The van der Waals surface area contributed by atoms with Gasteiger partial charge in [0.2, 0.25) is 0 Å². The summed E-state index contributed by atoms with van der Waals surface area (Å²) in [4.78, 5) is 34.8. The van der Waals surface area contributed by atoms with Crippen LogP contribution < -0.4 is 5.73 Å². The lowest BCUT2D eigenvalue weighted by atomic mass is 10.1. The van der Waals surface area contributed by atoms with Gasteiger partial charge in [0.1, 0.15) is 6.61 Å². The van der Waals surface area contributed by atoms with Crippen molar-refractivity contribution in [3.05, 3.63) is 60.8 Å². The lowest BCUT2D eigenvalue weighted by Crippen LogP contribution is -2.29. The number of unbranched alkanes of at least 4 members (excludes halogenated alkanes) is 17. The van der Waals surface area contributed by atoms with Gasteiger partial charge in [-0.15, -0.1) is 0 Å². The first kappa shape index (κ1) is 52.7. The summed E-state index contributed by atoms with van der Waals surface area (Å²) in [7, 11) is -4.39. The van der Waals surface area contributed by atoms with Crippen LogP contribution in [0, 0.1) is 0 Å². The number of phosphoric ester groups is 1. The molecule has 55 heavy (non-hydrogen) atoms.